The van der Waals surface area contributed by atoms with Crippen LogP contribution in [-0.4, -0.2) is 44.7 Å². The average molecular weight is 328 g/mol. The molecule has 1 atom stereocenters. The Morgan fingerprint density at radius 3 is 2.59 bits per heavy atom. The molecule has 0 spiro atoms. The lowest BCUT2D eigenvalue weighted by Gasteiger charge is -2.32. The van der Waals surface area contributed by atoms with Crippen molar-refractivity contribution in [2.75, 3.05) is 25.4 Å². The number of aryl methyl sites for hydroxylation is 1. The van der Waals surface area contributed by atoms with Crippen molar-refractivity contribution in [2.45, 2.75) is 38.6 Å². The average Bonchev–Trinajstić information content (AvgIpc) is 2.53. The molecular formula is C16H25FN2O2S. The zero-order valence-electron chi connectivity index (χ0n) is 13.1. The number of rotatable bonds is 7. The van der Waals surface area contributed by atoms with E-state index in [1.165, 1.54) is 25.3 Å². The highest BCUT2D eigenvalue weighted by Gasteiger charge is 2.19. The summed E-state index contributed by atoms with van der Waals surface area (Å²) in [5.41, 5.74) is 0.442. The third kappa shape index (κ3) is 5.34. The Bertz CT molecular complexity index is 571. The molecule has 0 bridgehead atoms. The monoisotopic (exact) mass is 328 g/mol. The lowest BCUT2D eigenvalue weighted by Crippen LogP contribution is -2.44. The van der Waals surface area contributed by atoms with E-state index in [0.717, 1.165) is 13.1 Å². The van der Waals surface area contributed by atoms with Crippen LogP contribution in [0.2, 0.25) is 0 Å². The van der Waals surface area contributed by atoms with Gasteiger partial charge in [-0.25, -0.2) is 17.5 Å². The lowest BCUT2D eigenvalue weighted by atomic mass is 10.1. The van der Waals surface area contributed by atoms with E-state index in [1.54, 1.807) is 18.2 Å². The van der Waals surface area contributed by atoms with Crippen molar-refractivity contribution in [1.82, 2.24) is 9.62 Å². The van der Waals surface area contributed by atoms with E-state index in [0.29, 0.717) is 12.1 Å². The summed E-state index contributed by atoms with van der Waals surface area (Å²) in [5, 5.41) is 0. The predicted molar refractivity (Wildman–Crippen MR) is 86.8 cm³/mol. The molecule has 4 nitrogen and oxygen atoms in total. The summed E-state index contributed by atoms with van der Waals surface area (Å²) < 4.78 is 40.3. The third-order valence-corrected chi connectivity index (χ3v) is 5.56. The fraction of sp³-hybridized carbons (Fsp3) is 0.625. The molecule has 2 rings (SSSR count). The van der Waals surface area contributed by atoms with Gasteiger partial charge in [-0.15, -0.1) is 0 Å². The van der Waals surface area contributed by atoms with Crippen LogP contribution in [0.5, 0.6) is 0 Å². The highest BCUT2D eigenvalue weighted by Crippen LogP contribution is 2.12. The van der Waals surface area contributed by atoms with Gasteiger partial charge in [-0.05, 0) is 50.9 Å². The molecule has 0 radical (unpaired) electrons. The molecule has 0 aliphatic carbocycles. The molecule has 124 valence electrons. The number of hydrogen-bond donors (Lipinski definition) is 1. The Hall–Kier alpha value is -0.980. The van der Waals surface area contributed by atoms with Crippen LogP contribution >= 0.6 is 0 Å². The van der Waals surface area contributed by atoms with Gasteiger partial charge in [0.15, 0.2) is 0 Å². The summed E-state index contributed by atoms with van der Waals surface area (Å²) in [6.45, 7) is 4.54. The topological polar surface area (TPSA) is 49.4 Å². The highest BCUT2D eigenvalue weighted by molar-refractivity contribution is 7.89. The first-order valence-corrected chi connectivity index (χ1v) is 9.58. The van der Waals surface area contributed by atoms with Gasteiger partial charge in [0.1, 0.15) is 5.82 Å². The number of sulfonamides is 1. The van der Waals surface area contributed by atoms with E-state index in [-0.39, 0.29) is 24.0 Å². The first-order valence-electron chi connectivity index (χ1n) is 7.93. The normalized spacial score (nSPS) is 18.3. The summed E-state index contributed by atoms with van der Waals surface area (Å²) in [7, 11) is -3.37. The second-order valence-electron chi connectivity index (χ2n) is 5.95. The van der Waals surface area contributed by atoms with Crippen LogP contribution in [0.4, 0.5) is 4.39 Å². The van der Waals surface area contributed by atoms with E-state index in [9.17, 15) is 12.8 Å². The summed E-state index contributed by atoms with van der Waals surface area (Å²) in [5.74, 6) is -0.430. The zero-order valence-corrected chi connectivity index (χ0v) is 13.9. The minimum absolute atomic E-state index is 0.0827. The summed E-state index contributed by atoms with van der Waals surface area (Å²) in [6, 6.07) is 6.50. The molecule has 6 heteroatoms. The number of halogens is 1. The van der Waals surface area contributed by atoms with Gasteiger partial charge in [-0.1, -0.05) is 24.6 Å². The number of nitrogens with one attached hydrogen (secondary N) is 1. The van der Waals surface area contributed by atoms with Crippen molar-refractivity contribution in [3.63, 3.8) is 0 Å². The van der Waals surface area contributed by atoms with Crippen molar-refractivity contribution in [1.29, 1.82) is 0 Å². The highest BCUT2D eigenvalue weighted by atomic mass is 32.2. The van der Waals surface area contributed by atoms with Crippen LogP contribution in [0.1, 0.15) is 31.7 Å². The van der Waals surface area contributed by atoms with E-state index in [4.69, 9.17) is 0 Å². The van der Waals surface area contributed by atoms with Crippen LogP contribution in [-0.2, 0) is 16.4 Å². The quantitative estimate of drug-likeness (QED) is 0.834. The molecule has 22 heavy (non-hydrogen) atoms. The first kappa shape index (κ1) is 17.4. The van der Waals surface area contributed by atoms with Crippen LogP contribution in [0.25, 0.3) is 0 Å². The number of hydrogen-bond acceptors (Lipinski definition) is 3. The summed E-state index contributed by atoms with van der Waals surface area (Å²) >= 11 is 0. The third-order valence-electron chi connectivity index (χ3n) is 4.21. The molecule has 1 unspecified atom stereocenters. The van der Waals surface area contributed by atoms with Crippen LogP contribution < -0.4 is 4.72 Å². The van der Waals surface area contributed by atoms with E-state index in [2.05, 4.69) is 9.62 Å². The Morgan fingerprint density at radius 2 is 1.91 bits per heavy atom. The zero-order chi connectivity index (χ0) is 16.0. The largest absolute Gasteiger partial charge is 0.299 e. The molecule has 1 aliphatic rings. The predicted octanol–water partition coefficient (Wildman–Crippen LogP) is 2.16. The Morgan fingerprint density at radius 1 is 1.23 bits per heavy atom. The maximum absolute atomic E-state index is 13.5. The SMILES string of the molecule is CC(CNS(=O)(=O)CCc1ccccc1F)N1CCCCC1. The number of benzene rings is 1. The van der Waals surface area contributed by atoms with Crippen molar-refractivity contribution < 1.29 is 12.8 Å². The minimum atomic E-state index is -3.37. The van der Waals surface area contributed by atoms with E-state index >= 15 is 0 Å². The Balaban J connectivity index is 1.79. The molecule has 0 saturated carbocycles. The molecule has 1 aromatic carbocycles. The molecule has 1 heterocycles. The Kier molecular flexibility index (Phi) is 6.35. The number of piperidine rings is 1. The Labute approximate surface area is 132 Å². The summed E-state index contributed by atoms with van der Waals surface area (Å²) in [6.07, 6.45) is 3.83. The van der Waals surface area contributed by atoms with Crippen LogP contribution in [0, 0.1) is 5.82 Å². The van der Waals surface area contributed by atoms with Crippen molar-refractivity contribution in [3.8, 4) is 0 Å². The van der Waals surface area contributed by atoms with Crippen molar-refractivity contribution >= 4 is 10.0 Å². The van der Waals surface area contributed by atoms with Gasteiger partial charge in [-0.2, -0.15) is 0 Å². The lowest BCUT2D eigenvalue weighted by molar-refractivity contribution is 0.175. The van der Waals surface area contributed by atoms with Gasteiger partial charge in [0.25, 0.3) is 0 Å². The van der Waals surface area contributed by atoms with E-state index < -0.39 is 10.0 Å². The van der Waals surface area contributed by atoms with Crippen molar-refractivity contribution in [2.24, 2.45) is 0 Å². The maximum Gasteiger partial charge on any atom is 0.211 e. The number of nitrogens with zero attached hydrogens (tertiary/aromatic N) is 1. The molecule has 1 saturated heterocycles. The fourth-order valence-corrected chi connectivity index (χ4v) is 3.88. The number of likely N-dealkylation sites (tertiary alicyclic amines) is 1. The standard InChI is InChI=1S/C16H25FN2O2S/c1-14(19-10-5-2-6-11-19)13-18-22(20,21)12-9-15-7-3-4-8-16(15)17/h3-4,7-8,14,18H,2,5-6,9-13H2,1H3. The second kappa shape index (κ2) is 8.04. The van der Waals surface area contributed by atoms with Gasteiger partial charge in [-0.3, -0.25) is 4.90 Å². The van der Waals surface area contributed by atoms with E-state index in [1.807, 2.05) is 6.92 Å². The maximum atomic E-state index is 13.5. The molecule has 1 fully saturated rings. The molecule has 1 aliphatic heterocycles. The van der Waals surface area contributed by atoms with Crippen LogP contribution in [0.3, 0.4) is 0 Å². The fourth-order valence-electron chi connectivity index (χ4n) is 2.75. The van der Waals surface area contributed by atoms with Gasteiger partial charge in [0.2, 0.25) is 10.0 Å². The van der Waals surface area contributed by atoms with Crippen LogP contribution in [0.15, 0.2) is 24.3 Å². The molecule has 1 N–H and O–H groups in total. The molecule has 0 aromatic heterocycles. The molecule has 1 aromatic rings. The van der Waals surface area contributed by atoms with Gasteiger partial charge in [0.05, 0.1) is 5.75 Å². The molecular weight excluding hydrogens is 303 g/mol. The smallest absolute Gasteiger partial charge is 0.211 e. The first-order chi connectivity index (χ1) is 10.5. The van der Waals surface area contributed by atoms with Gasteiger partial charge in [0, 0.05) is 12.6 Å². The van der Waals surface area contributed by atoms with Crippen molar-refractivity contribution in [3.05, 3.63) is 35.6 Å². The minimum Gasteiger partial charge on any atom is -0.299 e. The van der Waals surface area contributed by atoms with Gasteiger partial charge >= 0.3 is 0 Å². The molecule has 0 amide bonds. The van der Waals surface area contributed by atoms with Gasteiger partial charge < -0.3 is 0 Å². The second-order valence-corrected chi connectivity index (χ2v) is 7.88. The summed E-state index contributed by atoms with van der Waals surface area (Å²) in [4.78, 5) is 2.32.